The first-order valence-corrected chi connectivity index (χ1v) is 7.35. The van der Waals surface area contributed by atoms with Gasteiger partial charge >= 0.3 is 0 Å². The fourth-order valence-electron chi connectivity index (χ4n) is 2.33. The first kappa shape index (κ1) is 17.6. The van der Waals surface area contributed by atoms with E-state index < -0.39 is 11.0 Å². The van der Waals surface area contributed by atoms with Crippen LogP contribution >= 0.6 is 0 Å². The molecule has 2 aromatic rings. The van der Waals surface area contributed by atoms with Gasteiger partial charge in [-0.3, -0.25) is 10.1 Å². The molecule has 0 spiro atoms. The van der Waals surface area contributed by atoms with Crippen molar-refractivity contribution in [1.29, 1.82) is 0 Å². The molecule has 24 heavy (non-hydrogen) atoms. The number of methoxy groups -OCH3 is 2. The molecule has 1 atom stereocenters. The number of hydrogen-bond donors (Lipinski definition) is 2. The zero-order valence-corrected chi connectivity index (χ0v) is 13.8. The predicted octanol–water partition coefficient (Wildman–Crippen LogP) is 3.07. The van der Waals surface area contributed by atoms with Crippen molar-refractivity contribution in [3.8, 4) is 11.5 Å². The molecule has 128 valence electrons. The van der Waals surface area contributed by atoms with E-state index in [1.807, 2.05) is 0 Å². The summed E-state index contributed by atoms with van der Waals surface area (Å²) in [6.45, 7) is 1.91. The number of aliphatic hydroxyl groups is 1. The minimum absolute atomic E-state index is 0.0190. The van der Waals surface area contributed by atoms with Crippen LogP contribution in [0.15, 0.2) is 36.4 Å². The monoisotopic (exact) mass is 332 g/mol. The molecule has 0 amide bonds. The zero-order chi connectivity index (χ0) is 17.7. The third-order valence-corrected chi connectivity index (χ3v) is 3.63. The summed E-state index contributed by atoms with van der Waals surface area (Å²) in [4.78, 5) is 10.7. The number of nitrogens with zero attached hydrogens (tertiary/aromatic N) is 1. The van der Waals surface area contributed by atoms with E-state index >= 15 is 0 Å². The lowest BCUT2D eigenvalue weighted by molar-refractivity contribution is -0.384. The number of rotatable bonds is 7. The predicted molar refractivity (Wildman–Crippen MR) is 90.8 cm³/mol. The van der Waals surface area contributed by atoms with Gasteiger partial charge in [0.1, 0.15) is 5.69 Å². The molecule has 2 rings (SSSR count). The van der Waals surface area contributed by atoms with Crippen molar-refractivity contribution in [3.05, 3.63) is 57.6 Å². The van der Waals surface area contributed by atoms with Crippen LogP contribution in [0.2, 0.25) is 0 Å². The van der Waals surface area contributed by atoms with Gasteiger partial charge in [-0.25, -0.2) is 0 Å². The number of benzene rings is 2. The summed E-state index contributed by atoms with van der Waals surface area (Å²) in [6, 6.07) is 10.00. The van der Waals surface area contributed by atoms with Gasteiger partial charge in [0.25, 0.3) is 5.69 Å². The Morgan fingerprint density at radius 1 is 1.17 bits per heavy atom. The molecule has 0 bridgehead atoms. The van der Waals surface area contributed by atoms with Crippen LogP contribution in [0.3, 0.4) is 0 Å². The fourth-order valence-corrected chi connectivity index (χ4v) is 2.33. The molecule has 7 heteroatoms. The van der Waals surface area contributed by atoms with Crippen LogP contribution in [0.25, 0.3) is 0 Å². The lowest BCUT2D eigenvalue weighted by atomic mass is 10.1. The minimum atomic E-state index is -0.856. The lowest BCUT2D eigenvalue weighted by Crippen LogP contribution is -2.13. The van der Waals surface area contributed by atoms with E-state index in [9.17, 15) is 15.2 Å². The van der Waals surface area contributed by atoms with Crippen molar-refractivity contribution in [3.63, 3.8) is 0 Å². The highest BCUT2D eigenvalue weighted by Gasteiger charge is 2.16. The van der Waals surface area contributed by atoms with E-state index in [1.54, 1.807) is 37.3 Å². The number of nitro groups is 1. The Balaban J connectivity index is 2.14. The summed E-state index contributed by atoms with van der Waals surface area (Å²) in [5, 5.41) is 24.4. The first-order valence-electron chi connectivity index (χ1n) is 7.35. The van der Waals surface area contributed by atoms with Gasteiger partial charge in [0, 0.05) is 12.6 Å². The average molecular weight is 332 g/mol. The Hall–Kier alpha value is -2.80. The molecule has 0 radical (unpaired) electrons. The van der Waals surface area contributed by atoms with Crippen LogP contribution in [0.4, 0.5) is 11.4 Å². The fraction of sp³-hybridized carbons (Fsp3) is 0.294. The van der Waals surface area contributed by atoms with E-state index in [1.165, 1.54) is 20.3 Å². The second kappa shape index (κ2) is 7.65. The van der Waals surface area contributed by atoms with E-state index in [0.29, 0.717) is 22.7 Å². The lowest BCUT2D eigenvalue weighted by Gasteiger charge is -2.15. The Bertz CT molecular complexity index is 733. The molecule has 0 aliphatic heterocycles. The Morgan fingerprint density at radius 2 is 1.88 bits per heavy atom. The van der Waals surface area contributed by atoms with Gasteiger partial charge < -0.3 is 19.9 Å². The van der Waals surface area contributed by atoms with Crippen LogP contribution in [-0.4, -0.2) is 30.8 Å². The Labute approximate surface area is 140 Å². The molecule has 0 saturated heterocycles. The molecule has 0 aromatic heterocycles. The zero-order valence-electron chi connectivity index (χ0n) is 13.8. The molecule has 0 saturated carbocycles. The summed E-state index contributed by atoms with van der Waals surface area (Å²) >= 11 is 0. The molecular weight excluding hydrogens is 312 g/mol. The average Bonchev–Trinajstić information content (AvgIpc) is 2.59. The van der Waals surface area contributed by atoms with E-state index in [2.05, 4.69) is 5.32 Å². The second-order valence-corrected chi connectivity index (χ2v) is 5.29. The molecule has 0 aliphatic carbocycles. The van der Waals surface area contributed by atoms with Crippen LogP contribution in [0, 0.1) is 17.0 Å². The summed E-state index contributed by atoms with van der Waals surface area (Å²) in [7, 11) is 3.05. The van der Waals surface area contributed by atoms with Crippen molar-refractivity contribution < 1.29 is 19.5 Å². The molecule has 1 unspecified atom stereocenters. The molecule has 7 nitrogen and oxygen atoms in total. The molecule has 0 fully saturated rings. The summed E-state index contributed by atoms with van der Waals surface area (Å²) in [5.74, 6) is 1.07. The van der Waals surface area contributed by atoms with Crippen LogP contribution in [0.1, 0.15) is 17.2 Å². The van der Waals surface area contributed by atoms with Crippen molar-refractivity contribution in [1.82, 2.24) is 0 Å². The summed E-state index contributed by atoms with van der Waals surface area (Å²) in [5.41, 5.74) is 1.77. The first-order chi connectivity index (χ1) is 11.5. The number of nitrogens with one attached hydrogen (secondary N) is 1. The third-order valence-electron chi connectivity index (χ3n) is 3.63. The largest absolute Gasteiger partial charge is 0.493 e. The van der Waals surface area contributed by atoms with Gasteiger partial charge in [-0.15, -0.1) is 0 Å². The second-order valence-electron chi connectivity index (χ2n) is 5.29. The van der Waals surface area contributed by atoms with E-state index in [0.717, 1.165) is 5.56 Å². The highest BCUT2D eigenvalue weighted by Crippen LogP contribution is 2.31. The van der Waals surface area contributed by atoms with Crippen LogP contribution in [-0.2, 0) is 0 Å². The van der Waals surface area contributed by atoms with Crippen molar-refractivity contribution in [2.24, 2.45) is 0 Å². The highest BCUT2D eigenvalue weighted by molar-refractivity contribution is 5.62. The Kier molecular flexibility index (Phi) is 5.59. The highest BCUT2D eigenvalue weighted by atomic mass is 16.6. The van der Waals surface area contributed by atoms with Crippen molar-refractivity contribution in [2.45, 2.75) is 13.0 Å². The van der Waals surface area contributed by atoms with Gasteiger partial charge in [-0.1, -0.05) is 12.1 Å². The Morgan fingerprint density at radius 3 is 2.50 bits per heavy atom. The number of aryl methyl sites for hydroxylation is 1. The van der Waals surface area contributed by atoms with Gasteiger partial charge in [-0.2, -0.15) is 0 Å². The number of hydrogen-bond acceptors (Lipinski definition) is 6. The van der Waals surface area contributed by atoms with E-state index in [4.69, 9.17) is 9.47 Å². The smallest absolute Gasteiger partial charge is 0.292 e. The molecule has 2 N–H and O–H groups in total. The van der Waals surface area contributed by atoms with Crippen molar-refractivity contribution in [2.75, 3.05) is 26.1 Å². The summed E-state index contributed by atoms with van der Waals surface area (Å²) in [6.07, 6.45) is -0.856. The van der Waals surface area contributed by atoms with E-state index in [-0.39, 0.29) is 12.2 Å². The molecule has 2 aromatic carbocycles. The minimum Gasteiger partial charge on any atom is -0.493 e. The topological polar surface area (TPSA) is 93.9 Å². The van der Waals surface area contributed by atoms with Crippen LogP contribution < -0.4 is 14.8 Å². The SMILES string of the molecule is COc1ccc(C(O)CNc2ccc(C)cc2[N+](=O)[O-])cc1OC. The molecule has 0 aliphatic rings. The maximum Gasteiger partial charge on any atom is 0.292 e. The number of ether oxygens (including phenoxy) is 2. The molecule has 0 heterocycles. The van der Waals surface area contributed by atoms with Gasteiger partial charge in [0.2, 0.25) is 0 Å². The van der Waals surface area contributed by atoms with Crippen molar-refractivity contribution >= 4 is 11.4 Å². The quantitative estimate of drug-likeness (QED) is 0.598. The number of aliphatic hydroxyl groups excluding tert-OH is 1. The normalized spacial score (nSPS) is 11.7. The van der Waals surface area contributed by atoms with Crippen LogP contribution in [0.5, 0.6) is 11.5 Å². The van der Waals surface area contributed by atoms with Gasteiger partial charge in [0.05, 0.1) is 25.2 Å². The molecular formula is C17H20N2O5. The van der Waals surface area contributed by atoms with Gasteiger partial charge in [-0.05, 0) is 36.2 Å². The maximum atomic E-state index is 11.1. The number of anilines is 1. The number of nitro benzene ring substituents is 1. The summed E-state index contributed by atoms with van der Waals surface area (Å²) < 4.78 is 10.4. The van der Waals surface area contributed by atoms with Gasteiger partial charge in [0.15, 0.2) is 11.5 Å². The maximum absolute atomic E-state index is 11.1. The third kappa shape index (κ3) is 3.94. The standard InChI is InChI=1S/C17H20N2O5/c1-11-4-6-13(14(8-11)19(21)22)18-10-15(20)12-5-7-16(23-2)17(9-12)24-3/h4-9,15,18,20H,10H2,1-3H3.